The molecule has 0 saturated carbocycles. The first-order valence-electron chi connectivity index (χ1n) is 8.18. The molecule has 0 fully saturated rings. The molecule has 1 rings (SSSR count). The first-order chi connectivity index (χ1) is 9.86. The molecule has 0 unspecified atom stereocenters. The van der Waals surface area contributed by atoms with Gasteiger partial charge in [-0.25, -0.2) is 0 Å². The lowest BCUT2D eigenvalue weighted by atomic mass is 10.2. The van der Waals surface area contributed by atoms with E-state index in [-0.39, 0.29) is 0 Å². The Labute approximate surface area is 125 Å². The van der Waals surface area contributed by atoms with Crippen molar-refractivity contribution in [2.24, 2.45) is 0 Å². The summed E-state index contributed by atoms with van der Waals surface area (Å²) in [6.07, 6.45) is 6.35. The maximum Gasteiger partial charge on any atom is 0.0237 e. The number of rotatable bonds is 12. The van der Waals surface area contributed by atoms with Crippen molar-refractivity contribution in [2.75, 3.05) is 19.6 Å². The van der Waals surface area contributed by atoms with E-state index in [1.54, 1.807) is 0 Å². The minimum Gasteiger partial charge on any atom is -0.308 e. The van der Waals surface area contributed by atoms with Gasteiger partial charge in [-0.05, 0) is 44.5 Å². The highest BCUT2D eigenvalue weighted by Crippen LogP contribution is 2.02. The molecule has 0 aliphatic heterocycles. The molecule has 0 saturated heterocycles. The van der Waals surface area contributed by atoms with E-state index in [2.05, 4.69) is 60.9 Å². The van der Waals surface area contributed by atoms with E-state index in [0.29, 0.717) is 0 Å². The van der Waals surface area contributed by atoms with Gasteiger partial charge in [0, 0.05) is 13.1 Å². The van der Waals surface area contributed by atoms with Gasteiger partial charge < -0.3 is 10.2 Å². The lowest BCUT2D eigenvalue weighted by molar-refractivity contribution is 0.266. The van der Waals surface area contributed by atoms with Gasteiger partial charge in [0.1, 0.15) is 0 Å². The molecule has 2 nitrogen and oxygen atoms in total. The molecule has 0 heterocycles. The summed E-state index contributed by atoms with van der Waals surface area (Å²) in [6, 6.07) is 10.6. The summed E-state index contributed by atoms with van der Waals surface area (Å²) in [6.45, 7) is 11.4. The van der Waals surface area contributed by atoms with Crippen LogP contribution in [0.15, 0.2) is 30.3 Å². The quantitative estimate of drug-likeness (QED) is 0.574. The van der Waals surface area contributed by atoms with Crippen molar-refractivity contribution in [2.45, 2.75) is 52.5 Å². The third kappa shape index (κ3) is 8.34. The summed E-state index contributed by atoms with van der Waals surface area (Å²) in [7, 11) is 0. The van der Waals surface area contributed by atoms with E-state index >= 15 is 0 Å². The van der Waals surface area contributed by atoms with Crippen LogP contribution in [-0.2, 0) is 6.54 Å². The lowest BCUT2D eigenvalue weighted by Crippen LogP contribution is -2.28. The summed E-state index contributed by atoms with van der Waals surface area (Å²) in [5, 5.41) is 3.42. The Kier molecular flexibility index (Phi) is 10.3. The Bertz CT molecular complexity index is 302. The number of hydrogen-bond donors (Lipinski definition) is 1. The van der Waals surface area contributed by atoms with Crippen LogP contribution in [0.25, 0.3) is 0 Å². The van der Waals surface area contributed by atoms with Gasteiger partial charge in [0.25, 0.3) is 0 Å². The molecule has 1 radical (unpaired) electrons. The monoisotopic (exact) mass is 275 g/mol. The molecule has 0 bridgehead atoms. The van der Waals surface area contributed by atoms with Gasteiger partial charge in [0.05, 0.1) is 0 Å². The zero-order chi connectivity index (χ0) is 14.5. The SMILES string of the molecule is CCCCN(CC[CH]NCc1ccccc1)CCCC. The molecule has 0 aromatic heterocycles. The third-order valence-corrected chi connectivity index (χ3v) is 3.54. The van der Waals surface area contributed by atoms with Crippen LogP contribution in [0, 0.1) is 6.54 Å². The van der Waals surface area contributed by atoms with E-state index in [1.807, 2.05) is 0 Å². The fraction of sp³-hybridized carbons (Fsp3) is 0.611. The van der Waals surface area contributed by atoms with Gasteiger partial charge in [-0.15, -0.1) is 0 Å². The Balaban J connectivity index is 2.09. The van der Waals surface area contributed by atoms with Crippen LogP contribution in [0.2, 0.25) is 0 Å². The normalized spacial score (nSPS) is 11.2. The number of nitrogens with one attached hydrogen (secondary N) is 1. The molecular formula is C18H31N2. The summed E-state index contributed by atoms with van der Waals surface area (Å²) in [5.41, 5.74) is 1.34. The number of unbranched alkanes of at least 4 members (excludes halogenated alkanes) is 2. The predicted octanol–water partition coefficient (Wildman–Crippen LogP) is 4.23. The summed E-state index contributed by atoms with van der Waals surface area (Å²) < 4.78 is 0. The molecule has 1 aromatic rings. The van der Waals surface area contributed by atoms with Crippen molar-refractivity contribution in [3.63, 3.8) is 0 Å². The minimum atomic E-state index is 0.935. The molecule has 1 aromatic carbocycles. The van der Waals surface area contributed by atoms with E-state index in [9.17, 15) is 0 Å². The summed E-state index contributed by atoms with van der Waals surface area (Å²) >= 11 is 0. The maximum atomic E-state index is 3.42. The van der Waals surface area contributed by atoms with Gasteiger partial charge in [0.2, 0.25) is 0 Å². The van der Waals surface area contributed by atoms with Crippen molar-refractivity contribution in [3.05, 3.63) is 42.4 Å². The Hall–Kier alpha value is -0.860. The maximum absolute atomic E-state index is 3.42. The number of hydrogen-bond acceptors (Lipinski definition) is 2. The Morgan fingerprint density at radius 3 is 2.20 bits per heavy atom. The smallest absolute Gasteiger partial charge is 0.0237 e. The molecule has 0 spiro atoms. The summed E-state index contributed by atoms with van der Waals surface area (Å²) in [4.78, 5) is 2.60. The fourth-order valence-corrected chi connectivity index (χ4v) is 2.23. The zero-order valence-electron chi connectivity index (χ0n) is 13.3. The van der Waals surface area contributed by atoms with E-state index in [1.165, 1.54) is 50.9 Å². The second-order valence-corrected chi connectivity index (χ2v) is 5.41. The molecule has 0 aliphatic rings. The topological polar surface area (TPSA) is 15.3 Å². The second-order valence-electron chi connectivity index (χ2n) is 5.41. The van der Waals surface area contributed by atoms with Crippen LogP contribution in [0.1, 0.15) is 51.5 Å². The van der Waals surface area contributed by atoms with E-state index in [4.69, 9.17) is 0 Å². The molecule has 0 aliphatic carbocycles. The Morgan fingerprint density at radius 1 is 0.950 bits per heavy atom. The van der Waals surface area contributed by atoms with Crippen LogP contribution >= 0.6 is 0 Å². The average molecular weight is 275 g/mol. The van der Waals surface area contributed by atoms with Gasteiger partial charge in [-0.3, -0.25) is 0 Å². The van der Waals surface area contributed by atoms with Gasteiger partial charge in [-0.2, -0.15) is 0 Å². The standard InChI is InChI=1S/C18H31N2/c1-3-5-14-20(15-6-4-2)16-10-13-19-17-18-11-8-7-9-12-18/h7-9,11-13,19H,3-6,10,14-17H2,1-2H3. The predicted molar refractivity (Wildman–Crippen MR) is 88.5 cm³/mol. The van der Waals surface area contributed by atoms with Gasteiger partial charge in [0.15, 0.2) is 0 Å². The largest absolute Gasteiger partial charge is 0.308 e. The van der Waals surface area contributed by atoms with Crippen LogP contribution in [0.4, 0.5) is 0 Å². The highest BCUT2D eigenvalue weighted by molar-refractivity contribution is 5.14. The van der Waals surface area contributed by atoms with Gasteiger partial charge in [-0.1, -0.05) is 57.0 Å². The number of nitrogens with zero attached hydrogens (tertiary/aromatic N) is 1. The average Bonchev–Trinajstić information content (AvgIpc) is 2.50. The van der Waals surface area contributed by atoms with Gasteiger partial charge >= 0.3 is 0 Å². The fourth-order valence-electron chi connectivity index (χ4n) is 2.23. The highest BCUT2D eigenvalue weighted by atomic mass is 15.1. The zero-order valence-corrected chi connectivity index (χ0v) is 13.3. The lowest BCUT2D eigenvalue weighted by Gasteiger charge is -2.21. The molecule has 113 valence electrons. The summed E-state index contributed by atoms with van der Waals surface area (Å²) in [5.74, 6) is 0. The second kappa shape index (κ2) is 11.9. The Morgan fingerprint density at radius 2 is 1.60 bits per heavy atom. The molecule has 2 heteroatoms. The van der Waals surface area contributed by atoms with Crippen LogP contribution in [0.5, 0.6) is 0 Å². The third-order valence-electron chi connectivity index (χ3n) is 3.54. The highest BCUT2D eigenvalue weighted by Gasteiger charge is 2.03. The molecular weight excluding hydrogens is 244 g/mol. The molecule has 0 amide bonds. The van der Waals surface area contributed by atoms with Crippen molar-refractivity contribution in [1.82, 2.24) is 10.2 Å². The number of benzene rings is 1. The van der Waals surface area contributed by atoms with Crippen molar-refractivity contribution in [3.8, 4) is 0 Å². The van der Waals surface area contributed by atoms with Crippen LogP contribution < -0.4 is 5.32 Å². The molecule has 0 atom stereocenters. The first kappa shape index (κ1) is 17.2. The molecule has 20 heavy (non-hydrogen) atoms. The van der Waals surface area contributed by atoms with Crippen molar-refractivity contribution < 1.29 is 0 Å². The van der Waals surface area contributed by atoms with Crippen molar-refractivity contribution >= 4 is 0 Å². The van der Waals surface area contributed by atoms with Crippen LogP contribution in [0.3, 0.4) is 0 Å². The minimum absolute atomic E-state index is 0.935. The van der Waals surface area contributed by atoms with E-state index in [0.717, 1.165) is 13.0 Å². The van der Waals surface area contributed by atoms with Crippen LogP contribution in [-0.4, -0.2) is 24.5 Å². The molecule has 1 N–H and O–H groups in total. The van der Waals surface area contributed by atoms with Crippen molar-refractivity contribution in [1.29, 1.82) is 0 Å². The van der Waals surface area contributed by atoms with E-state index < -0.39 is 0 Å². The first-order valence-corrected chi connectivity index (χ1v) is 8.18.